The Balaban J connectivity index is 4.67. The molecule has 0 heterocycles. The van der Waals surface area contributed by atoms with Gasteiger partial charge in [0.2, 0.25) is 0 Å². The summed E-state index contributed by atoms with van der Waals surface area (Å²) in [5.41, 5.74) is -0.131. The zero-order chi connectivity index (χ0) is 14.6. The normalized spacial score (nSPS) is 13.9. The van der Waals surface area contributed by atoms with E-state index in [1.165, 1.54) is 0 Å². The van der Waals surface area contributed by atoms with Gasteiger partial charge in [0, 0.05) is 0 Å². The third-order valence-electron chi connectivity index (χ3n) is 2.60. The fraction of sp³-hybridized carbons (Fsp3) is 0.846. The molecule has 0 radical (unpaired) electrons. The van der Waals surface area contributed by atoms with Crippen LogP contribution in [0.4, 0.5) is 0 Å². The lowest BCUT2D eigenvalue weighted by atomic mass is 9.72. The highest BCUT2D eigenvalue weighted by atomic mass is 127. The molecule has 0 spiro atoms. The lowest BCUT2D eigenvalue weighted by Gasteiger charge is -2.33. The standard InChI is InChI=1S/C13H24INO3/c1-12(2,3)7-9(13(4,5)6)11(17)18-8-10(16)15-14/h9H,7-8H2,1-6H3,(H,15,16). The molecule has 0 rings (SSSR count). The van der Waals surface area contributed by atoms with Gasteiger partial charge in [0.25, 0.3) is 5.91 Å². The van der Waals surface area contributed by atoms with E-state index in [9.17, 15) is 9.59 Å². The summed E-state index contributed by atoms with van der Waals surface area (Å²) in [6, 6.07) is 0. The summed E-state index contributed by atoms with van der Waals surface area (Å²) in [4.78, 5) is 23.2. The van der Waals surface area contributed by atoms with Crippen LogP contribution in [0.15, 0.2) is 0 Å². The number of ether oxygens (including phenoxy) is 1. The molecule has 0 aromatic carbocycles. The Morgan fingerprint density at radius 2 is 1.67 bits per heavy atom. The van der Waals surface area contributed by atoms with Crippen molar-refractivity contribution in [3.63, 3.8) is 0 Å². The number of amides is 1. The molecule has 0 aromatic heterocycles. The number of rotatable bonds is 4. The van der Waals surface area contributed by atoms with Gasteiger partial charge in [-0.15, -0.1) is 0 Å². The predicted octanol–water partition coefficient (Wildman–Crippen LogP) is 3.09. The van der Waals surface area contributed by atoms with Crippen LogP contribution >= 0.6 is 22.9 Å². The molecule has 1 unspecified atom stereocenters. The lowest BCUT2D eigenvalue weighted by molar-refractivity contribution is -0.156. The van der Waals surface area contributed by atoms with E-state index in [4.69, 9.17) is 4.74 Å². The van der Waals surface area contributed by atoms with Crippen molar-refractivity contribution in [3.05, 3.63) is 0 Å². The summed E-state index contributed by atoms with van der Waals surface area (Å²) >= 11 is 1.73. The number of halogens is 1. The fourth-order valence-electron chi connectivity index (χ4n) is 1.62. The van der Waals surface area contributed by atoms with Crippen molar-refractivity contribution in [2.24, 2.45) is 16.7 Å². The van der Waals surface area contributed by atoms with Gasteiger partial charge < -0.3 is 4.74 Å². The molecule has 1 N–H and O–H groups in total. The summed E-state index contributed by atoms with van der Waals surface area (Å²) in [6.07, 6.45) is 0.737. The van der Waals surface area contributed by atoms with Crippen LogP contribution in [0, 0.1) is 16.7 Å². The van der Waals surface area contributed by atoms with Crippen LogP contribution in [-0.2, 0) is 14.3 Å². The first-order chi connectivity index (χ1) is 7.97. The van der Waals surface area contributed by atoms with Crippen LogP contribution in [0.1, 0.15) is 48.0 Å². The average molecular weight is 369 g/mol. The van der Waals surface area contributed by atoms with Gasteiger partial charge in [0.15, 0.2) is 6.61 Å². The van der Waals surface area contributed by atoms with Gasteiger partial charge in [-0.2, -0.15) is 0 Å². The van der Waals surface area contributed by atoms with Gasteiger partial charge >= 0.3 is 5.97 Å². The summed E-state index contributed by atoms with van der Waals surface area (Å²) in [6.45, 7) is 12.1. The largest absolute Gasteiger partial charge is 0.455 e. The van der Waals surface area contributed by atoms with Crippen molar-refractivity contribution in [3.8, 4) is 0 Å². The molecule has 1 amide bonds. The van der Waals surface area contributed by atoms with Gasteiger partial charge in [0.1, 0.15) is 0 Å². The van der Waals surface area contributed by atoms with Crippen LogP contribution in [0.3, 0.4) is 0 Å². The monoisotopic (exact) mass is 369 g/mol. The molecule has 0 aromatic rings. The van der Waals surface area contributed by atoms with Crippen molar-refractivity contribution in [2.45, 2.75) is 48.0 Å². The summed E-state index contributed by atoms with van der Waals surface area (Å²) in [5, 5.41) is 0. The number of nitrogens with one attached hydrogen (secondary N) is 1. The second kappa shape index (κ2) is 6.73. The van der Waals surface area contributed by atoms with Crippen molar-refractivity contribution >= 4 is 34.7 Å². The SMILES string of the molecule is CC(C)(C)CC(C(=O)OCC(=O)NI)C(C)(C)C. The van der Waals surface area contributed by atoms with Crippen molar-refractivity contribution in [1.82, 2.24) is 3.53 Å². The third-order valence-corrected chi connectivity index (χ3v) is 3.20. The second-order valence-corrected chi connectivity index (χ2v) is 7.35. The molecular formula is C13H24INO3. The Morgan fingerprint density at radius 3 is 2.00 bits per heavy atom. The molecule has 0 saturated heterocycles. The zero-order valence-electron chi connectivity index (χ0n) is 12.1. The molecule has 0 aliphatic rings. The lowest BCUT2D eigenvalue weighted by Crippen LogP contribution is -2.35. The van der Waals surface area contributed by atoms with Gasteiger partial charge in [-0.05, 0) is 17.3 Å². The van der Waals surface area contributed by atoms with Crippen LogP contribution in [-0.4, -0.2) is 18.5 Å². The number of carbonyl (C=O) groups is 2. The fourth-order valence-corrected chi connectivity index (χ4v) is 1.78. The molecule has 0 aliphatic heterocycles. The molecule has 4 nitrogen and oxygen atoms in total. The van der Waals surface area contributed by atoms with Gasteiger partial charge in [-0.1, -0.05) is 41.5 Å². The van der Waals surface area contributed by atoms with Crippen molar-refractivity contribution in [1.29, 1.82) is 0 Å². The smallest absolute Gasteiger partial charge is 0.309 e. The third kappa shape index (κ3) is 7.18. The molecule has 0 bridgehead atoms. The highest BCUT2D eigenvalue weighted by molar-refractivity contribution is 14.1. The molecule has 1 atom stereocenters. The number of carbonyl (C=O) groups excluding carboxylic acids is 2. The maximum Gasteiger partial charge on any atom is 0.309 e. The second-order valence-electron chi connectivity index (χ2n) is 6.81. The predicted molar refractivity (Wildman–Crippen MR) is 80.1 cm³/mol. The van der Waals surface area contributed by atoms with Crippen LogP contribution in [0.5, 0.6) is 0 Å². The van der Waals surface area contributed by atoms with E-state index in [0.29, 0.717) is 0 Å². The maximum absolute atomic E-state index is 12.1. The molecule has 0 saturated carbocycles. The van der Waals surface area contributed by atoms with Crippen molar-refractivity contribution < 1.29 is 14.3 Å². The van der Waals surface area contributed by atoms with E-state index in [1.54, 1.807) is 22.9 Å². The molecule has 106 valence electrons. The molecule has 5 heteroatoms. The average Bonchev–Trinajstić information content (AvgIpc) is 2.19. The Bertz CT molecular complexity index is 302. The van der Waals surface area contributed by atoms with E-state index >= 15 is 0 Å². The minimum absolute atomic E-state index is 0.0441. The van der Waals surface area contributed by atoms with E-state index in [0.717, 1.165) is 6.42 Å². The van der Waals surface area contributed by atoms with Crippen molar-refractivity contribution in [2.75, 3.05) is 6.61 Å². The van der Waals surface area contributed by atoms with E-state index in [-0.39, 0.29) is 35.2 Å². The maximum atomic E-state index is 12.1. The Labute approximate surface area is 124 Å². The van der Waals surface area contributed by atoms with Gasteiger partial charge in [0.05, 0.1) is 28.8 Å². The zero-order valence-corrected chi connectivity index (χ0v) is 14.3. The van der Waals surface area contributed by atoms with Gasteiger partial charge in [-0.25, -0.2) is 0 Å². The highest BCUT2D eigenvalue weighted by Gasteiger charge is 2.35. The molecule has 0 aliphatic carbocycles. The minimum Gasteiger partial charge on any atom is -0.455 e. The van der Waals surface area contributed by atoms with Gasteiger partial charge in [-0.3, -0.25) is 13.1 Å². The quantitative estimate of drug-likeness (QED) is 0.471. The number of hydrogen-bond donors (Lipinski definition) is 1. The minimum atomic E-state index is -0.299. The number of esters is 1. The first-order valence-corrected chi connectivity index (χ1v) is 7.11. The summed E-state index contributed by atoms with van der Waals surface area (Å²) in [5.74, 6) is -0.802. The summed E-state index contributed by atoms with van der Waals surface area (Å²) < 4.78 is 7.47. The van der Waals surface area contributed by atoms with E-state index < -0.39 is 0 Å². The van der Waals surface area contributed by atoms with E-state index in [2.05, 4.69) is 24.3 Å². The Morgan fingerprint density at radius 1 is 1.17 bits per heavy atom. The molecule has 18 heavy (non-hydrogen) atoms. The molecular weight excluding hydrogens is 345 g/mol. The Hall–Kier alpha value is -0.330. The first kappa shape index (κ1) is 17.7. The van der Waals surface area contributed by atoms with Crippen LogP contribution < -0.4 is 3.53 Å². The summed E-state index contributed by atoms with van der Waals surface area (Å²) in [7, 11) is 0. The first-order valence-electron chi connectivity index (χ1n) is 6.03. The van der Waals surface area contributed by atoms with E-state index in [1.807, 2.05) is 20.8 Å². The van der Waals surface area contributed by atoms with Crippen LogP contribution in [0.2, 0.25) is 0 Å². The topological polar surface area (TPSA) is 55.4 Å². The number of hydrogen-bond acceptors (Lipinski definition) is 3. The Kier molecular flexibility index (Phi) is 6.60. The highest BCUT2D eigenvalue weighted by Crippen LogP contribution is 2.36. The van der Waals surface area contributed by atoms with Crippen LogP contribution in [0.25, 0.3) is 0 Å². The molecule has 0 fully saturated rings.